The predicted octanol–water partition coefficient (Wildman–Crippen LogP) is 2.35. The van der Waals surface area contributed by atoms with Crippen molar-refractivity contribution in [3.8, 4) is 17.9 Å². The molecule has 0 amide bonds. The van der Waals surface area contributed by atoms with Gasteiger partial charge in [0.1, 0.15) is 0 Å². The Morgan fingerprint density at radius 3 is 2.19 bits per heavy atom. The molecule has 0 saturated carbocycles. The van der Waals surface area contributed by atoms with Crippen LogP contribution in [0.15, 0.2) is 48.8 Å². The van der Waals surface area contributed by atoms with E-state index < -0.39 is 0 Å². The SMILES string of the molecule is N#Cc1ccc(C#Cc2cccnc2)cc1. The molecule has 0 unspecified atom stereocenters. The van der Waals surface area contributed by atoms with Gasteiger partial charge in [0.25, 0.3) is 0 Å². The second-order valence-corrected chi connectivity index (χ2v) is 3.18. The maximum atomic E-state index is 8.64. The lowest BCUT2D eigenvalue weighted by atomic mass is 10.1. The Kier molecular flexibility index (Phi) is 2.97. The van der Waals surface area contributed by atoms with Gasteiger partial charge in [-0.3, -0.25) is 4.98 Å². The summed E-state index contributed by atoms with van der Waals surface area (Å²) in [7, 11) is 0. The van der Waals surface area contributed by atoms with Crippen LogP contribution < -0.4 is 0 Å². The van der Waals surface area contributed by atoms with Crippen molar-refractivity contribution in [3.05, 3.63) is 65.5 Å². The van der Waals surface area contributed by atoms with Crippen LogP contribution in [-0.4, -0.2) is 4.98 Å². The Labute approximate surface area is 94.2 Å². The fraction of sp³-hybridized carbons (Fsp3) is 0. The van der Waals surface area contributed by atoms with Gasteiger partial charge < -0.3 is 0 Å². The van der Waals surface area contributed by atoms with Gasteiger partial charge in [-0.2, -0.15) is 5.26 Å². The highest BCUT2D eigenvalue weighted by Crippen LogP contribution is 2.02. The van der Waals surface area contributed by atoms with Crippen LogP contribution in [0.1, 0.15) is 16.7 Å². The van der Waals surface area contributed by atoms with Gasteiger partial charge >= 0.3 is 0 Å². The molecule has 1 aromatic carbocycles. The summed E-state index contributed by atoms with van der Waals surface area (Å²) in [6.45, 7) is 0. The number of hydrogen-bond donors (Lipinski definition) is 0. The van der Waals surface area contributed by atoms with Crippen molar-refractivity contribution in [1.29, 1.82) is 5.26 Å². The molecule has 0 bridgehead atoms. The molecule has 1 heterocycles. The highest BCUT2D eigenvalue weighted by atomic mass is 14.6. The summed E-state index contributed by atoms with van der Waals surface area (Å²) in [5, 5.41) is 8.64. The Morgan fingerprint density at radius 2 is 1.56 bits per heavy atom. The van der Waals surface area contributed by atoms with E-state index in [2.05, 4.69) is 22.9 Å². The van der Waals surface area contributed by atoms with Crippen LogP contribution >= 0.6 is 0 Å². The highest BCUT2D eigenvalue weighted by molar-refractivity contribution is 5.44. The molecule has 0 saturated heterocycles. The first kappa shape index (κ1) is 9.96. The van der Waals surface area contributed by atoms with Crippen LogP contribution in [0.5, 0.6) is 0 Å². The third-order valence-electron chi connectivity index (χ3n) is 2.03. The number of benzene rings is 1. The van der Waals surface area contributed by atoms with E-state index in [4.69, 9.17) is 5.26 Å². The lowest BCUT2D eigenvalue weighted by Gasteiger charge is -1.90. The molecule has 0 aliphatic heterocycles. The summed E-state index contributed by atoms with van der Waals surface area (Å²) >= 11 is 0. The zero-order valence-corrected chi connectivity index (χ0v) is 8.51. The van der Waals surface area contributed by atoms with Gasteiger partial charge in [-0.25, -0.2) is 0 Å². The van der Waals surface area contributed by atoms with E-state index >= 15 is 0 Å². The van der Waals surface area contributed by atoms with Crippen molar-refractivity contribution in [3.63, 3.8) is 0 Å². The maximum Gasteiger partial charge on any atom is 0.0991 e. The van der Waals surface area contributed by atoms with Crippen LogP contribution in [-0.2, 0) is 0 Å². The average Bonchev–Trinajstić information content (AvgIpc) is 2.38. The number of aromatic nitrogens is 1. The molecule has 0 aliphatic carbocycles. The molecule has 0 atom stereocenters. The van der Waals surface area contributed by atoms with E-state index in [1.807, 2.05) is 24.3 Å². The molecule has 0 radical (unpaired) electrons. The first-order chi connectivity index (χ1) is 7.88. The minimum absolute atomic E-state index is 0.645. The molecule has 2 rings (SSSR count). The van der Waals surface area contributed by atoms with Crippen molar-refractivity contribution in [2.75, 3.05) is 0 Å². The molecule has 2 nitrogen and oxygen atoms in total. The van der Waals surface area contributed by atoms with Gasteiger partial charge in [0.2, 0.25) is 0 Å². The lowest BCUT2D eigenvalue weighted by Crippen LogP contribution is -1.78. The fourth-order valence-electron chi connectivity index (χ4n) is 1.21. The van der Waals surface area contributed by atoms with Crippen LogP contribution in [0.2, 0.25) is 0 Å². The maximum absolute atomic E-state index is 8.64. The fourth-order valence-corrected chi connectivity index (χ4v) is 1.21. The first-order valence-electron chi connectivity index (χ1n) is 4.81. The van der Waals surface area contributed by atoms with E-state index in [1.54, 1.807) is 24.5 Å². The van der Waals surface area contributed by atoms with Crippen molar-refractivity contribution < 1.29 is 0 Å². The molecule has 0 spiro atoms. The summed E-state index contributed by atoms with van der Waals surface area (Å²) in [6.07, 6.45) is 3.43. The molecule has 0 fully saturated rings. The van der Waals surface area contributed by atoms with Crippen LogP contribution in [0.4, 0.5) is 0 Å². The number of nitrogens with zero attached hydrogens (tertiary/aromatic N) is 2. The van der Waals surface area contributed by atoms with Gasteiger partial charge in [-0.05, 0) is 36.4 Å². The molecular weight excluding hydrogens is 196 g/mol. The average molecular weight is 204 g/mol. The van der Waals surface area contributed by atoms with Crippen molar-refractivity contribution >= 4 is 0 Å². The van der Waals surface area contributed by atoms with Gasteiger partial charge in [0, 0.05) is 23.5 Å². The molecular formula is C14H8N2. The first-order valence-corrected chi connectivity index (χ1v) is 4.81. The monoisotopic (exact) mass is 204 g/mol. The molecule has 16 heavy (non-hydrogen) atoms. The molecule has 0 aliphatic rings. The van der Waals surface area contributed by atoms with Gasteiger partial charge in [0.15, 0.2) is 0 Å². The minimum Gasteiger partial charge on any atom is -0.263 e. The van der Waals surface area contributed by atoms with Crippen LogP contribution in [0, 0.1) is 23.2 Å². The Morgan fingerprint density at radius 1 is 0.875 bits per heavy atom. The van der Waals surface area contributed by atoms with E-state index in [9.17, 15) is 0 Å². The van der Waals surface area contributed by atoms with E-state index in [0.29, 0.717) is 5.56 Å². The lowest BCUT2D eigenvalue weighted by molar-refractivity contribution is 1.31. The standard InChI is InChI=1S/C14H8N2/c15-10-13-6-3-12(4-7-13)5-8-14-2-1-9-16-11-14/h1-4,6-7,9,11H. The number of hydrogen-bond acceptors (Lipinski definition) is 2. The summed E-state index contributed by atoms with van der Waals surface area (Å²) in [5.74, 6) is 6.02. The van der Waals surface area contributed by atoms with Crippen molar-refractivity contribution in [1.82, 2.24) is 4.98 Å². The Balaban J connectivity index is 2.22. The zero-order chi connectivity index (χ0) is 11.2. The molecule has 74 valence electrons. The Bertz CT molecular complexity index is 566. The number of pyridine rings is 1. The summed E-state index contributed by atoms with van der Waals surface area (Å²) in [6, 6.07) is 13.0. The van der Waals surface area contributed by atoms with E-state index in [0.717, 1.165) is 11.1 Å². The predicted molar refractivity (Wildman–Crippen MR) is 61.4 cm³/mol. The third-order valence-corrected chi connectivity index (χ3v) is 2.03. The highest BCUT2D eigenvalue weighted by Gasteiger charge is 1.89. The van der Waals surface area contributed by atoms with Crippen molar-refractivity contribution in [2.45, 2.75) is 0 Å². The Hall–Kier alpha value is -2.58. The quantitative estimate of drug-likeness (QED) is 0.617. The van der Waals surface area contributed by atoms with Crippen LogP contribution in [0.25, 0.3) is 0 Å². The molecule has 2 heteroatoms. The summed E-state index contributed by atoms with van der Waals surface area (Å²) < 4.78 is 0. The van der Waals surface area contributed by atoms with E-state index in [-0.39, 0.29) is 0 Å². The van der Waals surface area contributed by atoms with Gasteiger partial charge in [0.05, 0.1) is 11.6 Å². The van der Waals surface area contributed by atoms with Gasteiger partial charge in [-0.1, -0.05) is 11.8 Å². The van der Waals surface area contributed by atoms with Crippen LogP contribution in [0.3, 0.4) is 0 Å². The second-order valence-electron chi connectivity index (χ2n) is 3.18. The second kappa shape index (κ2) is 4.77. The zero-order valence-electron chi connectivity index (χ0n) is 8.51. The number of rotatable bonds is 0. The normalized spacial score (nSPS) is 8.69. The third kappa shape index (κ3) is 2.47. The summed E-state index contributed by atoms with van der Waals surface area (Å²) in [4.78, 5) is 3.98. The molecule has 2 aromatic rings. The largest absolute Gasteiger partial charge is 0.263 e. The summed E-state index contributed by atoms with van der Waals surface area (Å²) in [5.41, 5.74) is 2.42. The number of nitriles is 1. The van der Waals surface area contributed by atoms with E-state index in [1.165, 1.54) is 0 Å². The topological polar surface area (TPSA) is 36.7 Å². The van der Waals surface area contributed by atoms with Gasteiger partial charge in [-0.15, -0.1) is 0 Å². The molecule has 0 N–H and O–H groups in total. The minimum atomic E-state index is 0.645. The van der Waals surface area contributed by atoms with Crippen molar-refractivity contribution in [2.24, 2.45) is 0 Å². The molecule has 1 aromatic heterocycles. The smallest absolute Gasteiger partial charge is 0.0991 e.